The number of fused-ring (bicyclic) bond motifs is 4. The summed E-state index contributed by atoms with van der Waals surface area (Å²) < 4.78 is 5.23. The molecule has 12 unspecified atom stereocenters. The lowest BCUT2D eigenvalue weighted by Gasteiger charge is -2.22. The lowest BCUT2D eigenvalue weighted by atomic mass is 10.0. The number of ether oxygens (including phenoxy) is 1. The summed E-state index contributed by atoms with van der Waals surface area (Å²) in [5, 5.41) is 39.7. The molecule has 15 N–H and O–H groups in total. The minimum Gasteiger partial charge on any atom is -0.444 e. The van der Waals surface area contributed by atoms with Gasteiger partial charge in [-0.15, -0.1) is 0 Å². The number of amides is 15. The molecule has 8 rings (SSSR count). The van der Waals surface area contributed by atoms with Gasteiger partial charge in [0.25, 0.3) is 0 Å². The van der Waals surface area contributed by atoms with Crippen LogP contribution in [0.2, 0.25) is 0 Å². The third-order valence-corrected chi connectivity index (χ3v) is 27.7. The molecule has 0 saturated carbocycles. The van der Waals surface area contributed by atoms with Gasteiger partial charge in [0.2, 0.25) is 35.4 Å². The summed E-state index contributed by atoms with van der Waals surface area (Å²) in [7, 11) is 0. The molecule has 8 heterocycles. The topological polar surface area (TPSA) is 454 Å². The van der Waals surface area contributed by atoms with Crippen molar-refractivity contribution in [3.8, 4) is 0 Å². The molecule has 8 saturated heterocycles. The molecule has 0 bridgehead atoms. The summed E-state index contributed by atoms with van der Waals surface area (Å²) in [6.45, 7) is 6.89. The molecule has 0 spiro atoms. The van der Waals surface area contributed by atoms with E-state index in [1.807, 2.05) is 47.0 Å². The molecule has 36 heteroatoms. The van der Waals surface area contributed by atoms with Crippen LogP contribution in [0.4, 0.5) is 24.0 Å². The number of ketones is 4. The molecule has 8 fully saturated rings. The SMILES string of the molecule is CC(C)(C)OC(=O)NCCC(=O)N(CC(=O)CCCCCNC(=O)CCCCC1SCC2NC(=O)NC21)CC(=O)CCCCCNC(=O)CCCCC1SCC2NC(=O)NC21.NCCC(=O)N(CC(=O)CCCCCNC(=O)CCCCC1SCC2NC(=O)NC21)CC(=O)CCCCCNC(=O)CCCCC1SCC2NC(=O)NC21. The second-order valence-electron chi connectivity index (χ2n) is 32.5. The van der Waals surface area contributed by atoms with Gasteiger partial charge in [0.1, 0.15) is 5.60 Å². The highest BCUT2D eigenvalue weighted by Gasteiger charge is 2.46. The number of carbonyl (C=O) groups excluding carboxylic acids is 15. The Labute approximate surface area is 695 Å². The zero-order chi connectivity index (χ0) is 82.9. The van der Waals surface area contributed by atoms with Crippen molar-refractivity contribution in [1.82, 2.24) is 78.9 Å². The van der Waals surface area contributed by atoms with E-state index in [9.17, 15) is 71.9 Å². The van der Waals surface area contributed by atoms with Crippen molar-refractivity contribution in [2.24, 2.45) is 5.73 Å². The summed E-state index contributed by atoms with van der Waals surface area (Å²) >= 11 is 7.50. The van der Waals surface area contributed by atoms with E-state index in [0.29, 0.717) is 111 Å². The van der Waals surface area contributed by atoms with Gasteiger partial charge < -0.3 is 89.4 Å². The maximum absolute atomic E-state index is 13.2. The van der Waals surface area contributed by atoms with Crippen molar-refractivity contribution < 1.29 is 76.7 Å². The largest absolute Gasteiger partial charge is 0.444 e. The molecule has 0 radical (unpaired) electrons. The fourth-order valence-electron chi connectivity index (χ4n) is 15.5. The Bertz CT molecular complexity index is 3040. The average molecular weight is 1690 g/mol. The van der Waals surface area contributed by atoms with E-state index in [-0.39, 0.29) is 190 Å². The van der Waals surface area contributed by atoms with Gasteiger partial charge in [-0.25, -0.2) is 24.0 Å². The number of urea groups is 4. The zero-order valence-electron chi connectivity index (χ0n) is 68.0. The predicted octanol–water partition coefficient (Wildman–Crippen LogP) is 5.78. The summed E-state index contributed by atoms with van der Waals surface area (Å²) in [5.74, 6) is 2.54. The predicted molar refractivity (Wildman–Crippen MR) is 447 cm³/mol. The highest BCUT2D eigenvalue weighted by Crippen LogP contribution is 2.37. The van der Waals surface area contributed by atoms with Gasteiger partial charge >= 0.3 is 30.2 Å². The summed E-state index contributed by atoms with van der Waals surface area (Å²) in [5.41, 5.74) is 4.88. The number of alkyl carbamates (subject to hydrolysis) is 1. The molecule has 15 amide bonds. The summed E-state index contributed by atoms with van der Waals surface area (Å²) in [6.07, 6.45) is 21.5. The van der Waals surface area contributed by atoms with E-state index in [0.717, 1.165) is 151 Å². The number of thioether (sulfide) groups is 4. The number of Topliss-reactive ketones (excluding diaryl/α,β-unsaturated/α-hetero) is 4. The summed E-state index contributed by atoms with van der Waals surface area (Å²) in [4.78, 5) is 187. The molecule has 0 aromatic rings. The first kappa shape index (κ1) is 95.4. The van der Waals surface area contributed by atoms with Crippen LogP contribution in [0, 0.1) is 0 Å². The molecule has 32 nitrogen and oxygen atoms in total. The molecule has 0 aliphatic carbocycles. The first-order valence-corrected chi connectivity index (χ1v) is 46.6. The monoisotopic (exact) mass is 1690 g/mol. The number of nitrogens with zero attached hydrogens (tertiary/aromatic N) is 2. The van der Waals surface area contributed by atoms with E-state index in [1.54, 1.807) is 20.8 Å². The van der Waals surface area contributed by atoms with Gasteiger partial charge in [0, 0.05) is 147 Å². The first-order chi connectivity index (χ1) is 55.3. The highest BCUT2D eigenvalue weighted by atomic mass is 32.2. The van der Waals surface area contributed by atoms with Crippen LogP contribution in [0.5, 0.6) is 0 Å². The Morgan fingerprint density at radius 3 is 0.861 bits per heavy atom. The maximum Gasteiger partial charge on any atom is 0.407 e. The Hall–Kier alpha value is -6.79. The molecular weight excluding hydrogens is 1560 g/mol. The Kier molecular flexibility index (Phi) is 43.3. The first-order valence-electron chi connectivity index (χ1n) is 42.4. The van der Waals surface area contributed by atoms with Crippen LogP contribution in [0.1, 0.15) is 239 Å². The molecule has 8 aliphatic heterocycles. The molecule has 12 atom stereocenters. The van der Waals surface area contributed by atoms with Crippen LogP contribution in [-0.2, 0) is 52.7 Å². The summed E-state index contributed by atoms with van der Waals surface area (Å²) in [6, 6.07) is 1.22. The normalized spacial score (nSPS) is 23.1. The molecule has 0 aromatic heterocycles. The van der Waals surface area contributed by atoms with Crippen molar-refractivity contribution >= 4 is 136 Å². The second kappa shape index (κ2) is 52.2. The third-order valence-electron chi connectivity index (χ3n) is 21.7. The number of unbranched alkanes of at least 4 members (excludes halogenated alkanes) is 12. The smallest absolute Gasteiger partial charge is 0.407 e. The van der Waals surface area contributed by atoms with Gasteiger partial charge in [-0.1, -0.05) is 51.4 Å². The fourth-order valence-corrected chi connectivity index (χ4v) is 21.7. The van der Waals surface area contributed by atoms with Gasteiger partial charge in [-0.2, -0.15) is 47.0 Å². The molecular formula is C79H132N16O16S4. The lowest BCUT2D eigenvalue weighted by Crippen LogP contribution is -2.41. The van der Waals surface area contributed by atoms with Crippen LogP contribution in [0.25, 0.3) is 0 Å². The van der Waals surface area contributed by atoms with Gasteiger partial charge in [0.05, 0.1) is 74.5 Å². The highest BCUT2D eigenvalue weighted by molar-refractivity contribution is 8.01. The molecule has 115 heavy (non-hydrogen) atoms. The van der Waals surface area contributed by atoms with Crippen LogP contribution in [0.3, 0.4) is 0 Å². The van der Waals surface area contributed by atoms with Crippen molar-refractivity contribution in [2.75, 3.05) is 88.5 Å². The molecule has 8 aliphatic rings. The van der Waals surface area contributed by atoms with E-state index >= 15 is 0 Å². The van der Waals surface area contributed by atoms with Crippen molar-refractivity contribution in [3.05, 3.63) is 0 Å². The van der Waals surface area contributed by atoms with E-state index in [1.165, 1.54) is 9.80 Å². The Balaban J connectivity index is 0.000000321. The standard InChI is InChI=1S/C42H70N8O9S2.C37H62N8O7S2/c1-42(2,3)59-41(58)45-23-20-36(55)50(24-28(51)14-6-4-12-21-43-34(53)18-10-8-16-32-37-30(26-60-32)46-39(56)48-37)25-29(52)15-7-5-13-22-44-35(54)19-11-9-17-33-38-31(27-61-33)47-40(57)49-38;38-18-17-33(50)45(21-25(46)11-3-1-9-19-39-31(48)15-7-5-13-29-34-27(23-53-29)41-36(51)43-34)22-26(47)12-4-2-10-20-40-32(49)16-8-6-14-30-35-28(24-54-30)42-37(52)44-35/h30-33,37-38H,4-27H2,1-3H3,(H,43,53)(H,44,54)(H,45,58)(H2,46,48,56)(H2,47,49,57);27-30,34-35H,1-24,38H2,(H,39,48)(H,40,49)(H2,41,43,51)(H2,42,44,52). The van der Waals surface area contributed by atoms with Crippen LogP contribution >= 0.6 is 47.0 Å². The Morgan fingerprint density at radius 2 is 0.600 bits per heavy atom. The van der Waals surface area contributed by atoms with Crippen molar-refractivity contribution in [2.45, 2.75) is 314 Å². The zero-order valence-corrected chi connectivity index (χ0v) is 71.3. The van der Waals surface area contributed by atoms with Crippen LogP contribution in [-0.4, -0.2) is 262 Å². The number of nitrogens with two attached hydrogens (primary N) is 1. The van der Waals surface area contributed by atoms with E-state index in [4.69, 9.17) is 10.5 Å². The lowest BCUT2D eigenvalue weighted by molar-refractivity contribution is -0.138. The number of rotatable bonds is 57. The molecule has 0 aromatic carbocycles. The average Bonchev–Trinajstić information content (AvgIpc) is 1.69. The molecule has 648 valence electrons. The minimum atomic E-state index is -0.695. The second-order valence-corrected chi connectivity index (χ2v) is 37.6. The van der Waals surface area contributed by atoms with Crippen molar-refractivity contribution in [1.29, 1.82) is 0 Å². The van der Waals surface area contributed by atoms with E-state index < -0.39 is 17.6 Å². The third kappa shape index (κ3) is 37.0. The van der Waals surface area contributed by atoms with Gasteiger partial charge in [0.15, 0.2) is 23.1 Å². The van der Waals surface area contributed by atoms with E-state index in [2.05, 4.69) is 69.1 Å². The number of hydrogen-bond acceptors (Lipinski definition) is 21. The number of carbonyl (C=O) groups is 15. The van der Waals surface area contributed by atoms with Crippen LogP contribution < -0.4 is 74.9 Å². The maximum atomic E-state index is 13.2. The number of nitrogens with one attached hydrogen (secondary N) is 13. The quantitative estimate of drug-likeness (QED) is 0.0253. The number of hydrogen-bond donors (Lipinski definition) is 14. The minimum absolute atomic E-state index is 0.000266. The van der Waals surface area contributed by atoms with Crippen molar-refractivity contribution in [3.63, 3.8) is 0 Å². The van der Waals surface area contributed by atoms with Crippen LogP contribution in [0.15, 0.2) is 0 Å². The Morgan fingerprint density at radius 1 is 0.339 bits per heavy atom. The fraction of sp³-hybridized carbons (Fsp3) is 0.810. The van der Waals surface area contributed by atoms with Gasteiger partial charge in [-0.3, -0.25) is 47.9 Å². The van der Waals surface area contributed by atoms with Gasteiger partial charge in [-0.05, 0) is 124 Å².